The monoisotopic (exact) mass is 313 g/mol. The van der Waals surface area contributed by atoms with Crippen molar-refractivity contribution in [1.29, 1.82) is 5.26 Å². The summed E-state index contributed by atoms with van der Waals surface area (Å²) in [5, 5.41) is 9.57. The zero-order valence-electron chi connectivity index (χ0n) is 14.1. The van der Waals surface area contributed by atoms with Crippen molar-refractivity contribution in [2.75, 3.05) is 5.73 Å². The molecule has 0 saturated heterocycles. The quantitative estimate of drug-likeness (QED) is 0.739. The van der Waals surface area contributed by atoms with Crippen molar-refractivity contribution in [2.24, 2.45) is 0 Å². The molecule has 0 fully saturated rings. The minimum Gasteiger partial charge on any atom is -0.383 e. The number of pyridine rings is 1. The minimum absolute atomic E-state index is 0.272. The van der Waals surface area contributed by atoms with Gasteiger partial charge in [0.2, 0.25) is 0 Å². The molecule has 0 radical (unpaired) electrons. The maximum atomic E-state index is 9.57. The minimum atomic E-state index is 0.272. The lowest BCUT2D eigenvalue weighted by Crippen LogP contribution is -2.01. The number of aryl methyl sites for hydroxylation is 3. The number of nitriles is 1. The van der Waals surface area contributed by atoms with E-state index in [1.807, 2.05) is 51.1 Å². The Morgan fingerprint density at radius 1 is 0.875 bits per heavy atom. The molecule has 0 aliphatic rings. The maximum absolute atomic E-state index is 9.57. The maximum Gasteiger partial charge on any atom is 0.142 e. The zero-order chi connectivity index (χ0) is 17.3. The molecule has 1 aromatic heterocycles. The van der Waals surface area contributed by atoms with Crippen LogP contribution in [0, 0.1) is 32.1 Å². The van der Waals surface area contributed by atoms with Crippen LogP contribution in [0.2, 0.25) is 0 Å². The van der Waals surface area contributed by atoms with Crippen LogP contribution in [0.5, 0.6) is 0 Å². The molecule has 2 N–H and O–H groups in total. The third-order valence-electron chi connectivity index (χ3n) is 4.26. The molecule has 0 amide bonds. The first-order valence-corrected chi connectivity index (χ1v) is 7.85. The van der Waals surface area contributed by atoms with Crippen LogP contribution in [0.1, 0.15) is 22.3 Å². The summed E-state index contributed by atoms with van der Waals surface area (Å²) in [5.41, 5.74) is 13.6. The molecule has 0 atom stereocenters. The van der Waals surface area contributed by atoms with Crippen LogP contribution in [0.3, 0.4) is 0 Å². The summed E-state index contributed by atoms with van der Waals surface area (Å²) in [7, 11) is 0. The second kappa shape index (κ2) is 6.17. The predicted octanol–water partition coefficient (Wildman–Crippen LogP) is 4.79. The van der Waals surface area contributed by atoms with Gasteiger partial charge in [-0.2, -0.15) is 5.26 Å². The highest BCUT2D eigenvalue weighted by Gasteiger charge is 2.15. The van der Waals surface area contributed by atoms with Crippen LogP contribution < -0.4 is 5.73 Å². The number of nitrogen functional groups attached to an aromatic ring is 1. The predicted molar refractivity (Wildman–Crippen MR) is 98.4 cm³/mol. The summed E-state index contributed by atoms with van der Waals surface area (Å²) in [6, 6.07) is 18.5. The van der Waals surface area contributed by atoms with Crippen molar-refractivity contribution >= 4 is 5.82 Å². The molecule has 118 valence electrons. The fourth-order valence-corrected chi connectivity index (χ4v) is 2.92. The Labute approximate surface area is 142 Å². The molecule has 0 unspecified atom stereocenters. The van der Waals surface area contributed by atoms with E-state index < -0.39 is 0 Å². The Morgan fingerprint density at radius 2 is 1.58 bits per heavy atom. The fourth-order valence-electron chi connectivity index (χ4n) is 2.92. The second-order valence-electron chi connectivity index (χ2n) is 6.06. The SMILES string of the molecule is Cc1ccc(C)c(-c2cc(-c3ccccc3C)nc(N)c2C#N)c1. The molecule has 0 aliphatic carbocycles. The van der Waals surface area contributed by atoms with Crippen LogP contribution in [0.4, 0.5) is 5.82 Å². The molecule has 3 heteroatoms. The van der Waals surface area contributed by atoms with Crippen molar-refractivity contribution in [3.8, 4) is 28.5 Å². The first kappa shape index (κ1) is 15.8. The van der Waals surface area contributed by atoms with E-state index >= 15 is 0 Å². The summed E-state index contributed by atoms with van der Waals surface area (Å²) in [6.07, 6.45) is 0. The number of benzene rings is 2. The molecular formula is C21H19N3. The third kappa shape index (κ3) is 2.75. The Hall–Kier alpha value is -3.12. The van der Waals surface area contributed by atoms with Crippen molar-refractivity contribution < 1.29 is 0 Å². The van der Waals surface area contributed by atoms with Gasteiger partial charge in [-0.15, -0.1) is 0 Å². The number of hydrogen-bond acceptors (Lipinski definition) is 3. The summed E-state index contributed by atoms with van der Waals surface area (Å²) < 4.78 is 0. The lowest BCUT2D eigenvalue weighted by Gasteiger charge is -2.14. The van der Waals surface area contributed by atoms with E-state index in [-0.39, 0.29) is 5.82 Å². The smallest absolute Gasteiger partial charge is 0.142 e. The van der Waals surface area contributed by atoms with Gasteiger partial charge in [0.05, 0.1) is 5.69 Å². The first-order valence-electron chi connectivity index (χ1n) is 7.85. The molecule has 0 spiro atoms. The highest BCUT2D eigenvalue weighted by molar-refractivity contribution is 5.82. The molecule has 3 aromatic rings. The van der Waals surface area contributed by atoms with Gasteiger partial charge in [0, 0.05) is 11.1 Å². The number of nitrogens with zero attached hydrogens (tertiary/aromatic N) is 2. The van der Waals surface area contributed by atoms with Gasteiger partial charge >= 0.3 is 0 Å². The Morgan fingerprint density at radius 3 is 2.29 bits per heavy atom. The number of rotatable bonds is 2. The molecule has 0 bridgehead atoms. The summed E-state index contributed by atoms with van der Waals surface area (Å²) >= 11 is 0. The summed E-state index contributed by atoms with van der Waals surface area (Å²) in [5.74, 6) is 0.272. The molecule has 0 aliphatic heterocycles. The van der Waals surface area contributed by atoms with E-state index in [4.69, 9.17) is 5.73 Å². The van der Waals surface area contributed by atoms with Gasteiger partial charge in [-0.1, -0.05) is 48.0 Å². The van der Waals surface area contributed by atoms with E-state index in [1.165, 1.54) is 0 Å². The topological polar surface area (TPSA) is 62.7 Å². The third-order valence-corrected chi connectivity index (χ3v) is 4.26. The number of nitrogens with two attached hydrogens (primary N) is 1. The summed E-state index contributed by atoms with van der Waals surface area (Å²) in [4.78, 5) is 4.47. The Kier molecular flexibility index (Phi) is 4.05. The van der Waals surface area contributed by atoms with Crippen molar-refractivity contribution in [3.05, 3.63) is 70.8 Å². The fraction of sp³-hybridized carbons (Fsp3) is 0.143. The van der Waals surface area contributed by atoms with Gasteiger partial charge in [0.1, 0.15) is 17.5 Å². The highest BCUT2D eigenvalue weighted by atomic mass is 14.8. The van der Waals surface area contributed by atoms with Crippen LogP contribution in [-0.2, 0) is 0 Å². The lowest BCUT2D eigenvalue weighted by atomic mass is 9.93. The standard InChI is InChI=1S/C21H19N3/c1-13-8-9-15(3)17(10-13)18-11-20(24-21(23)19(18)12-22)16-7-5-4-6-14(16)2/h4-11H,1-3H3,(H2,23,24). The van der Waals surface area contributed by atoms with E-state index in [0.29, 0.717) is 5.56 Å². The van der Waals surface area contributed by atoms with Crippen LogP contribution in [0.25, 0.3) is 22.4 Å². The van der Waals surface area contributed by atoms with Crippen molar-refractivity contribution in [1.82, 2.24) is 4.98 Å². The average molecular weight is 313 g/mol. The second-order valence-corrected chi connectivity index (χ2v) is 6.06. The average Bonchev–Trinajstić information content (AvgIpc) is 2.57. The van der Waals surface area contributed by atoms with Crippen molar-refractivity contribution in [3.63, 3.8) is 0 Å². The highest BCUT2D eigenvalue weighted by Crippen LogP contribution is 2.34. The Bertz CT molecular complexity index is 965. The zero-order valence-corrected chi connectivity index (χ0v) is 14.1. The number of aromatic nitrogens is 1. The first-order chi connectivity index (χ1) is 11.5. The van der Waals surface area contributed by atoms with Crippen LogP contribution in [-0.4, -0.2) is 4.98 Å². The van der Waals surface area contributed by atoms with Crippen LogP contribution in [0.15, 0.2) is 48.5 Å². The number of hydrogen-bond donors (Lipinski definition) is 1. The van der Waals surface area contributed by atoms with E-state index in [1.54, 1.807) is 0 Å². The molecule has 3 nitrogen and oxygen atoms in total. The number of anilines is 1. The van der Waals surface area contributed by atoms with Crippen LogP contribution >= 0.6 is 0 Å². The van der Waals surface area contributed by atoms with Gasteiger partial charge in [-0.25, -0.2) is 4.98 Å². The molecular weight excluding hydrogens is 294 g/mol. The van der Waals surface area contributed by atoms with Gasteiger partial charge in [-0.3, -0.25) is 0 Å². The van der Waals surface area contributed by atoms with E-state index in [9.17, 15) is 5.26 Å². The molecule has 1 heterocycles. The summed E-state index contributed by atoms with van der Waals surface area (Å²) in [6.45, 7) is 6.13. The van der Waals surface area contributed by atoms with Gasteiger partial charge in [0.25, 0.3) is 0 Å². The van der Waals surface area contributed by atoms with Gasteiger partial charge in [-0.05, 0) is 43.5 Å². The normalized spacial score (nSPS) is 10.4. The van der Waals surface area contributed by atoms with E-state index in [2.05, 4.69) is 29.3 Å². The van der Waals surface area contributed by atoms with Gasteiger partial charge < -0.3 is 5.73 Å². The van der Waals surface area contributed by atoms with Crippen molar-refractivity contribution in [2.45, 2.75) is 20.8 Å². The molecule has 3 rings (SSSR count). The molecule has 2 aromatic carbocycles. The Balaban J connectivity index is 2.32. The lowest BCUT2D eigenvalue weighted by molar-refractivity contribution is 1.29. The van der Waals surface area contributed by atoms with E-state index in [0.717, 1.165) is 39.1 Å². The molecule has 0 saturated carbocycles. The van der Waals surface area contributed by atoms with Gasteiger partial charge in [0.15, 0.2) is 0 Å². The molecule has 24 heavy (non-hydrogen) atoms. The largest absolute Gasteiger partial charge is 0.383 e.